The molecule has 18 heavy (non-hydrogen) atoms. The molecule has 102 valence electrons. The second kappa shape index (κ2) is 5.90. The third-order valence-corrected chi connectivity index (χ3v) is 4.04. The Morgan fingerprint density at radius 3 is 2.22 bits per heavy atom. The van der Waals surface area contributed by atoms with Gasteiger partial charge < -0.3 is 15.2 Å². The normalized spacial score (nSPS) is 13.2. The van der Waals surface area contributed by atoms with Gasteiger partial charge in [0.2, 0.25) is 0 Å². The van der Waals surface area contributed by atoms with E-state index in [-0.39, 0.29) is 5.75 Å². The van der Waals surface area contributed by atoms with Crippen LogP contribution in [0.5, 0.6) is 11.5 Å². The van der Waals surface area contributed by atoms with Crippen molar-refractivity contribution in [1.29, 1.82) is 0 Å². The Morgan fingerprint density at radius 1 is 1.28 bits per heavy atom. The van der Waals surface area contributed by atoms with Crippen LogP contribution in [0.3, 0.4) is 0 Å². The largest absolute Gasteiger partial charge is 0.493 e. The minimum atomic E-state index is -3.14. The molecule has 0 aliphatic heterocycles. The fraction of sp³-hybridized carbons (Fsp3) is 0.455. The molecular formula is C11H16BrNO4S. The number of hydrogen-bond acceptors (Lipinski definition) is 5. The zero-order valence-corrected chi connectivity index (χ0v) is 12.8. The molecule has 7 heteroatoms. The first-order valence-electron chi connectivity index (χ1n) is 5.13. The van der Waals surface area contributed by atoms with E-state index in [2.05, 4.69) is 15.9 Å². The molecular weight excluding hydrogens is 322 g/mol. The second-order valence-electron chi connectivity index (χ2n) is 3.93. The van der Waals surface area contributed by atoms with E-state index < -0.39 is 15.9 Å². The van der Waals surface area contributed by atoms with Crippen molar-refractivity contribution in [3.63, 3.8) is 0 Å². The molecule has 0 bridgehead atoms. The van der Waals surface area contributed by atoms with Gasteiger partial charge in [0.05, 0.1) is 20.0 Å². The van der Waals surface area contributed by atoms with E-state index >= 15 is 0 Å². The van der Waals surface area contributed by atoms with Crippen molar-refractivity contribution < 1.29 is 17.9 Å². The first-order chi connectivity index (χ1) is 8.28. The highest BCUT2D eigenvalue weighted by molar-refractivity contribution is 9.10. The van der Waals surface area contributed by atoms with Gasteiger partial charge in [0.15, 0.2) is 11.5 Å². The number of nitrogens with two attached hydrogens (primary N) is 1. The molecule has 5 nitrogen and oxygen atoms in total. The van der Waals surface area contributed by atoms with Crippen molar-refractivity contribution in [2.45, 2.75) is 6.04 Å². The fourth-order valence-electron chi connectivity index (χ4n) is 1.57. The van der Waals surface area contributed by atoms with E-state index in [0.29, 0.717) is 21.5 Å². The first kappa shape index (κ1) is 15.3. The third-order valence-electron chi connectivity index (χ3n) is 2.38. The summed E-state index contributed by atoms with van der Waals surface area (Å²) in [5.74, 6) is 0.945. The fourth-order valence-corrected chi connectivity index (χ4v) is 3.02. The highest BCUT2D eigenvalue weighted by Crippen LogP contribution is 2.35. The Bertz CT molecular complexity index is 530. The van der Waals surface area contributed by atoms with Gasteiger partial charge in [-0.3, -0.25) is 0 Å². The summed E-state index contributed by atoms with van der Waals surface area (Å²) in [6.45, 7) is 0. The van der Waals surface area contributed by atoms with Crippen LogP contribution in [-0.2, 0) is 9.84 Å². The lowest BCUT2D eigenvalue weighted by atomic mass is 10.1. The molecule has 0 amide bonds. The third kappa shape index (κ3) is 3.86. The van der Waals surface area contributed by atoms with Gasteiger partial charge in [-0.1, -0.05) is 15.9 Å². The van der Waals surface area contributed by atoms with E-state index in [4.69, 9.17) is 15.2 Å². The van der Waals surface area contributed by atoms with E-state index in [1.165, 1.54) is 14.2 Å². The zero-order chi connectivity index (χ0) is 13.9. The van der Waals surface area contributed by atoms with Crippen LogP contribution in [-0.4, -0.2) is 34.6 Å². The van der Waals surface area contributed by atoms with Crippen LogP contribution in [0.25, 0.3) is 0 Å². The molecule has 0 aliphatic carbocycles. The molecule has 1 aromatic rings. The van der Waals surface area contributed by atoms with Crippen LogP contribution < -0.4 is 15.2 Å². The molecule has 0 aromatic heterocycles. The zero-order valence-electron chi connectivity index (χ0n) is 10.4. The van der Waals surface area contributed by atoms with Gasteiger partial charge in [-0.2, -0.15) is 0 Å². The van der Waals surface area contributed by atoms with Crippen LogP contribution in [0.1, 0.15) is 11.6 Å². The van der Waals surface area contributed by atoms with Crippen LogP contribution in [0.4, 0.5) is 0 Å². The van der Waals surface area contributed by atoms with Crippen molar-refractivity contribution in [3.05, 3.63) is 22.2 Å². The van der Waals surface area contributed by atoms with E-state index in [9.17, 15) is 8.42 Å². The standard InChI is InChI=1S/C11H16BrNO4S/c1-16-10-4-7(8(12)5-11(10)17-2)9(13)6-18(3,14)15/h4-5,9H,6,13H2,1-3H3. The number of sulfone groups is 1. The molecule has 0 spiro atoms. The Morgan fingerprint density at radius 2 is 1.78 bits per heavy atom. The highest BCUT2D eigenvalue weighted by atomic mass is 79.9. The summed E-state index contributed by atoms with van der Waals surface area (Å²) in [6, 6.07) is 2.77. The van der Waals surface area contributed by atoms with Crippen LogP contribution in [0.2, 0.25) is 0 Å². The molecule has 1 unspecified atom stereocenters. The van der Waals surface area contributed by atoms with E-state index in [0.717, 1.165) is 6.26 Å². The topological polar surface area (TPSA) is 78.6 Å². The molecule has 0 heterocycles. The molecule has 0 aliphatic rings. The van der Waals surface area contributed by atoms with Gasteiger partial charge in [0.25, 0.3) is 0 Å². The molecule has 1 rings (SSSR count). The van der Waals surface area contributed by atoms with Gasteiger partial charge >= 0.3 is 0 Å². The van der Waals surface area contributed by atoms with Crippen molar-refractivity contribution >= 4 is 25.8 Å². The molecule has 2 N–H and O–H groups in total. The number of benzene rings is 1. The van der Waals surface area contributed by atoms with Crippen molar-refractivity contribution in [2.75, 3.05) is 26.2 Å². The summed E-state index contributed by atoms with van der Waals surface area (Å²) in [5, 5.41) is 0. The predicted octanol–water partition coefficient (Wildman–Crippen LogP) is 1.51. The predicted molar refractivity (Wildman–Crippen MR) is 73.9 cm³/mol. The maximum absolute atomic E-state index is 11.3. The minimum Gasteiger partial charge on any atom is -0.493 e. The summed E-state index contributed by atoms with van der Waals surface area (Å²) in [7, 11) is -0.102. The number of methoxy groups -OCH3 is 2. The Labute approximate surface area is 115 Å². The lowest BCUT2D eigenvalue weighted by molar-refractivity contribution is 0.354. The molecule has 1 atom stereocenters. The van der Waals surface area contributed by atoms with E-state index in [1.54, 1.807) is 12.1 Å². The number of hydrogen-bond donors (Lipinski definition) is 1. The van der Waals surface area contributed by atoms with Crippen LogP contribution in [0, 0.1) is 0 Å². The lowest BCUT2D eigenvalue weighted by Crippen LogP contribution is -2.21. The molecule has 0 saturated heterocycles. The smallest absolute Gasteiger partial charge is 0.161 e. The highest BCUT2D eigenvalue weighted by Gasteiger charge is 2.18. The number of halogens is 1. The Balaban J connectivity index is 3.17. The molecule has 0 saturated carbocycles. The molecule has 1 aromatic carbocycles. The SMILES string of the molecule is COc1cc(Br)c(C(N)CS(C)(=O)=O)cc1OC. The van der Waals surface area contributed by atoms with Crippen molar-refractivity contribution in [3.8, 4) is 11.5 Å². The second-order valence-corrected chi connectivity index (χ2v) is 6.97. The van der Waals surface area contributed by atoms with Gasteiger partial charge in [0.1, 0.15) is 9.84 Å². The Kier molecular flexibility index (Phi) is 5.01. The maximum Gasteiger partial charge on any atom is 0.161 e. The number of ether oxygens (including phenoxy) is 2. The number of rotatable bonds is 5. The van der Waals surface area contributed by atoms with Gasteiger partial charge in [-0.05, 0) is 17.7 Å². The Hall–Kier alpha value is -0.790. The summed E-state index contributed by atoms with van der Waals surface area (Å²) in [4.78, 5) is 0. The average molecular weight is 338 g/mol. The monoisotopic (exact) mass is 337 g/mol. The summed E-state index contributed by atoms with van der Waals surface area (Å²) >= 11 is 3.35. The summed E-state index contributed by atoms with van der Waals surface area (Å²) in [5.41, 5.74) is 6.56. The first-order valence-corrected chi connectivity index (χ1v) is 7.98. The van der Waals surface area contributed by atoms with Gasteiger partial charge in [-0.15, -0.1) is 0 Å². The van der Waals surface area contributed by atoms with Crippen molar-refractivity contribution in [1.82, 2.24) is 0 Å². The van der Waals surface area contributed by atoms with Crippen molar-refractivity contribution in [2.24, 2.45) is 5.73 Å². The lowest BCUT2D eigenvalue weighted by Gasteiger charge is -2.16. The van der Waals surface area contributed by atoms with Crippen LogP contribution >= 0.6 is 15.9 Å². The minimum absolute atomic E-state index is 0.124. The van der Waals surface area contributed by atoms with Crippen LogP contribution in [0.15, 0.2) is 16.6 Å². The summed E-state index contributed by atoms with van der Waals surface area (Å²) in [6.07, 6.45) is 1.15. The molecule has 0 fully saturated rings. The average Bonchev–Trinajstić information content (AvgIpc) is 2.26. The van der Waals surface area contributed by atoms with Gasteiger partial charge in [-0.25, -0.2) is 8.42 Å². The summed E-state index contributed by atoms with van der Waals surface area (Å²) < 4.78 is 33.5. The maximum atomic E-state index is 11.3. The van der Waals surface area contributed by atoms with Gasteiger partial charge in [0, 0.05) is 16.8 Å². The quantitative estimate of drug-likeness (QED) is 0.880. The molecule has 0 radical (unpaired) electrons. The van der Waals surface area contributed by atoms with E-state index in [1.807, 2.05) is 0 Å².